The molecule has 5 nitrogen and oxygen atoms in total. The van der Waals surface area contributed by atoms with Gasteiger partial charge in [0.05, 0.1) is 12.3 Å². The molecule has 1 aromatic heterocycles. The van der Waals surface area contributed by atoms with Gasteiger partial charge in [-0.25, -0.2) is 0 Å². The Hall–Kier alpha value is -1.85. The Bertz CT molecular complexity index is 668. The predicted molar refractivity (Wildman–Crippen MR) is 82.8 cm³/mol. The largest absolute Gasteiger partial charge is 0.493 e. The van der Waals surface area contributed by atoms with Crippen LogP contribution in [0.1, 0.15) is 29.3 Å². The summed E-state index contributed by atoms with van der Waals surface area (Å²) in [4.78, 5) is 0. The van der Waals surface area contributed by atoms with Crippen molar-refractivity contribution in [2.75, 3.05) is 13.2 Å². The number of fused-ring (bicyclic) bond motifs is 1. The van der Waals surface area contributed by atoms with Gasteiger partial charge in [0.1, 0.15) is 11.9 Å². The van der Waals surface area contributed by atoms with Crippen LogP contribution in [0.4, 0.5) is 0 Å². The van der Waals surface area contributed by atoms with E-state index in [1.165, 1.54) is 11.1 Å². The van der Waals surface area contributed by atoms with Crippen molar-refractivity contribution >= 4 is 0 Å². The van der Waals surface area contributed by atoms with E-state index in [0.29, 0.717) is 6.04 Å². The third kappa shape index (κ3) is 2.51. The summed E-state index contributed by atoms with van der Waals surface area (Å²) in [7, 11) is 1.97. The molecule has 1 aromatic carbocycles. The van der Waals surface area contributed by atoms with E-state index in [9.17, 15) is 0 Å². The van der Waals surface area contributed by atoms with Crippen LogP contribution in [0.3, 0.4) is 0 Å². The maximum Gasteiger partial charge on any atom is 0.122 e. The molecular weight excluding hydrogens is 278 g/mol. The molecule has 2 aliphatic rings. The molecule has 1 N–H and O–H groups in total. The molecule has 116 valence electrons. The average molecular weight is 299 g/mol. The molecule has 0 aliphatic carbocycles. The summed E-state index contributed by atoms with van der Waals surface area (Å²) in [5, 5.41) is 7.90. The topological polar surface area (TPSA) is 48.3 Å². The Balaban J connectivity index is 1.44. The molecular formula is C17H21N3O2. The predicted octanol–water partition coefficient (Wildman–Crippen LogP) is 1.97. The number of ether oxygens (including phenoxy) is 2. The molecule has 5 heteroatoms. The average Bonchev–Trinajstić information content (AvgIpc) is 3.24. The van der Waals surface area contributed by atoms with Crippen molar-refractivity contribution in [1.82, 2.24) is 15.1 Å². The SMILES string of the molecule is Cn1nccc1[C@H]1OCC[C@@H]1NCc1ccc2c(c1)CCO2. The first-order chi connectivity index (χ1) is 10.8. The van der Waals surface area contributed by atoms with Crippen LogP contribution in [-0.4, -0.2) is 29.0 Å². The minimum atomic E-state index is 0.0882. The van der Waals surface area contributed by atoms with Crippen LogP contribution in [0.5, 0.6) is 5.75 Å². The number of nitrogens with one attached hydrogen (secondary N) is 1. The third-order valence-electron chi connectivity index (χ3n) is 4.56. The number of nitrogens with zero attached hydrogens (tertiary/aromatic N) is 2. The summed E-state index contributed by atoms with van der Waals surface area (Å²) >= 11 is 0. The molecule has 2 aromatic rings. The smallest absolute Gasteiger partial charge is 0.122 e. The minimum Gasteiger partial charge on any atom is -0.493 e. The van der Waals surface area contributed by atoms with Crippen LogP contribution in [0.2, 0.25) is 0 Å². The Morgan fingerprint density at radius 3 is 3.14 bits per heavy atom. The van der Waals surface area contributed by atoms with Crippen molar-refractivity contribution < 1.29 is 9.47 Å². The highest BCUT2D eigenvalue weighted by Gasteiger charge is 2.31. The van der Waals surface area contributed by atoms with E-state index in [4.69, 9.17) is 9.47 Å². The van der Waals surface area contributed by atoms with Crippen LogP contribution in [0.25, 0.3) is 0 Å². The van der Waals surface area contributed by atoms with E-state index in [0.717, 1.165) is 44.0 Å². The van der Waals surface area contributed by atoms with Gasteiger partial charge in [0.25, 0.3) is 0 Å². The lowest BCUT2D eigenvalue weighted by Gasteiger charge is -2.20. The molecule has 3 heterocycles. The van der Waals surface area contributed by atoms with Crippen molar-refractivity contribution in [2.45, 2.75) is 31.5 Å². The van der Waals surface area contributed by atoms with Crippen LogP contribution in [0, 0.1) is 0 Å². The summed E-state index contributed by atoms with van der Waals surface area (Å²) < 4.78 is 13.4. The van der Waals surface area contributed by atoms with E-state index in [-0.39, 0.29) is 6.10 Å². The van der Waals surface area contributed by atoms with E-state index in [1.54, 1.807) is 0 Å². The lowest BCUT2D eigenvalue weighted by Crippen LogP contribution is -2.32. The third-order valence-corrected chi connectivity index (χ3v) is 4.56. The van der Waals surface area contributed by atoms with Gasteiger partial charge in [-0.15, -0.1) is 0 Å². The number of aryl methyl sites for hydroxylation is 1. The second-order valence-electron chi connectivity index (χ2n) is 5.99. The van der Waals surface area contributed by atoms with Gasteiger partial charge in [-0.05, 0) is 29.7 Å². The standard InChI is InChI=1S/C17H21N3O2/c1-20-15(4-7-19-20)17-14(6-9-22-17)18-11-12-2-3-16-13(10-12)5-8-21-16/h2-4,7,10,14,17-18H,5-6,8-9,11H2,1H3/t14-,17-/m0/s1. The van der Waals surface area contributed by atoms with Crippen molar-refractivity contribution in [2.24, 2.45) is 7.05 Å². The molecule has 2 aliphatic heterocycles. The molecule has 4 rings (SSSR count). The fourth-order valence-corrected chi connectivity index (χ4v) is 3.35. The van der Waals surface area contributed by atoms with Crippen LogP contribution >= 0.6 is 0 Å². The molecule has 0 unspecified atom stereocenters. The van der Waals surface area contributed by atoms with Crippen LogP contribution < -0.4 is 10.1 Å². The zero-order chi connectivity index (χ0) is 14.9. The maximum absolute atomic E-state index is 5.91. The highest BCUT2D eigenvalue weighted by Crippen LogP contribution is 2.29. The fourth-order valence-electron chi connectivity index (χ4n) is 3.35. The van der Waals surface area contributed by atoms with Crippen LogP contribution in [0.15, 0.2) is 30.5 Å². The van der Waals surface area contributed by atoms with Gasteiger partial charge in [-0.2, -0.15) is 5.10 Å². The van der Waals surface area contributed by atoms with E-state index >= 15 is 0 Å². The lowest BCUT2D eigenvalue weighted by molar-refractivity contribution is 0.0919. The zero-order valence-corrected chi connectivity index (χ0v) is 12.8. The molecule has 1 saturated heterocycles. The van der Waals surface area contributed by atoms with Gasteiger partial charge in [0.15, 0.2) is 0 Å². The molecule has 1 fully saturated rings. The number of aromatic nitrogens is 2. The van der Waals surface area contributed by atoms with Crippen molar-refractivity contribution in [3.05, 3.63) is 47.3 Å². The highest BCUT2D eigenvalue weighted by atomic mass is 16.5. The van der Waals surface area contributed by atoms with Gasteiger partial charge >= 0.3 is 0 Å². The molecule has 2 atom stereocenters. The van der Waals surface area contributed by atoms with Crippen molar-refractivity contribution in [3.63, 3.8) is 0 Å². The number of benzene rings is 1. The highest BCUT2D eigenvalue weighted by molar-refractivity contribution is 5.39. The Kier molecular flexibility index (Phi) is 3.60. The van der Waals surface area contributed by atoms with Gasteiger partial charge < -0.3 is 14.8 Å². The Labute approximate surface area is 130 Å². The van der Waals surface area contributed by atoms with E-state index in [1.807, 2.05) is 24.0 Å². The van der Waals surface area contributed by atoms with Gasteiger partial charge in [-0.3, -0.25) is 4.68 Å². The van der Waals surface area contributed by atoms with Gasteiger partial charge in [0.2, 0.25) is 0 Å². The fraction of sp³-hybridized carbons (Fsp3) is 0.471. The molecule has 0 spiro atoms. The van der Waals surface area contributed by atoms with E-state index in [2.05, 4.69) is 28.6 Å². The maximum atomic E-state index is 5.91. The quantitative estimate of drug-likeness (QED) is 0.938. The van der Waals surface area contributed by atoms with Gasteiger partial charge in [-0.1, -0.05) is 12.1 Å². The van der Waals surface area contributed by atoms with Gasteiger partial charge in [0, 0.05) is 38.9 Å². The molecule has 0 radical (unpaired) electrons. The van der Waals surface area contributed by atoms with Crippen molar-refractivity contribution in [1.29, 1.82) is 0 Å². The Morgan fingerprint density at radius 1 is 1.32 bits per heavy atom. The molecule has 0 amide bonds. The molecule has 0 bridgehead atoms. The Morgan fingerprint density at radius 2 is 2.27 bits per heavy atom. The number of hydrogen-bond acceptors (Lipinski definition) is 4. The first-order valence-electron chi connectivity index (χ1n) is 7.89. The van der Waals surface area contributed by atoms with Crippen LogP contribution in [-0.2, 0) is 24.8 Å². The monoisotopic (exact) mass is 299 g/mol. The second-order valence-corrected chi connectivity index (χ2v) is 5.99. The molecule has 22 heavy (non-hydrogen) atoms. The lowest BCUT2D eigenvalue weighted by atomic mass is 10.1. The first kappa shape index (κ1) is 13.8. The minimum absolute atomic E-state index is 0.0882. The van der Waals surface area contributed by atoms with Crippen molar-refractivity contribution in [3.8, 4) is 5.75 Å². The number of hydrogen-bond donors (Lipinski definition) is 1. The summed E-state index contributed by atoms with van der Waals surface area (Å²) in [6, 6.07) is 8.86. The normalized spacial score (nSPS) is 23.5. The zero-order valence-electron chi connectivity index (χ0n) is 12.8. The number of rotatable bonds is 4. The summed E-state index contributed by atoms with van der Waals surface area (Å²) in [6.45, 7) is 2.46. The summed E-state index contributed by atoms with van der Waals surface area (Å²) in [6.07, 6.45) is 3.97. The van der Waals surface area contributed by atoms with E-state index < -0.39 is 0 Å². The molecule has 0 saturated carbocycles. The summed E-state index contributed by atoms with van der Waals surface area (Å²) in [5.74, 6) is 1.04. The second kappa shape index (κ2) is 5.74. The summed E-state index contributed by atoms with van der Waals surface area (Å²) in [5.41, 5.74) is 3.77. The first-order valence-corrected chi connectivity index (χ1v) is 7.89.